The van der Waals surface area contributed by atoms with E-state index in [2.05, 4.69) is 0 Å². The van der Waals surface area contributed by atoms with Gasteiger partial charge in [-0.2, -0.15) is 0 Å². The maximum atomic E-state index is 5.50. The van der Waals surface area contributed by atoms with Crippen molar-refractivity contribution in [2.75, 3.05) is 20.3 Å². The molecule has 0 atom stereocenters. The van der Waals surface area contributed by atoms with Crippen molar-refractivity contribution in [3.8, 4) is 5.75 Å². The van der Waals surface area contributed by atoms with Crippen LogP contribution < -0.4 is 10.2 Å². The molecule has 0 aromatic heterocycles. The van der Waals surface area contributed by atoms with E-state index in [1.807, 2.05) is 24.3 Å². The molecular weight excluding hydrogens is 183 g/mol. The minimum Gasteiger partial charge on any atom is -0.870 e. The van der Waals surface area contributed by atoms with Crippen molar-refractivity contribution < 1.29 is 20.4 Å². The van der Waals surface area contributed by atoms with E-state index in [1.54, 1.807) is 7.11 Å². The van der Waals surface area contributed by atoms with Crippen LogP contribution in [0, 0.1) is 0 Å². The summed E-state index contributed by atoms with van der Waals surface area (Å²) in [6, 6.07) is 7.29. The molecule has 2 N–H and O–H groups in total. The van der Waals surface area contributed by atoms with Gasteiger partial charge in [0.1, 0.15) is 0 Å². The van der Waals surface area contributed by atoms with Gasteiger partial charge in [0.2, 0.25) is 0 Å². The molecule has 0 fully saturated rings. The molecule has 0 radical (unpaired) electrons. The first-order valence-corrected chi connectivity index (χ1v) is 3.80. The molecule has 76 valence electrons. The summed E-state index contributed by atoms with van der Waals surface area (Å²) < 4.78 is 10.2. The molecule has 0 aliphatic carbocycles. The zero-order chi connectivity index (χ0) is 8.81. The molecule has 0 spiro atoms. The second-order valence-corrected chi connectivity index (χ2v) is 2.41. The summed E-state index contributed by atoms with van der Waals surface area (Å²) in [4.78, 5) is 0. The molecule has 1 aromatic carbocycles. The summed E-state index contributed by atoms with van der Waals surface area (Å²) in [6.45, 7) is 1.17. The predicted octanol–water partition coefficient (Wildman–Crippen LogP) is 0.152. The van der Waals surface area contributed by atoms with Crippen LogP contribution in [0.1, 0.15) is 0 Å². The van der Waals surface area contributed by atoms with Crippen LogP contribution in [0.2, 0.25) is 0 Å². The van der Waals surface area contributed by atoms with Gasteiger partial charge < -0.3 is 11.0 Å². The SMILES string of the molecule is [B+2]c1ccc(OCCOC)cc1.[OH-].[OH-]. The number of methoxy groups -OCH3 is 1. The molecule has 4 nitrogen and oxygen atoms in total. The normalized spacial score (nSPS) is 8.50. The summed E-state index contributed by atoms with van der Waals surface area (Å²) in [5.41, 5.74) is 0.745. The van der Waals surface area contributed by atoms with E-state index >= 15 is 0 Å². The first-order chi connectivity index (χ1) is 5.83. The molecule has 0 aliphatic heterocycles. The first kappa shape index (κ1) is 15.4. The largest absolute Gasteiger partial charge is 0.870 e. The summed E-state index contributed by atoms with van der Waals surface area (Å²) in [5, 5.41) is 0. The van der Waals surface area contributed by atoms with E-state index in [-0.39, 0.29) is 11.0 Å². The van der Waals surface area contributed by atoms with Gasteiger partial charge in [0.05, 0.1) is 0 Å². The van der Waals surface area contributed by atoms with Gasteiger partial charge in [0.25, 0.3) is 0 Å². The Morgan fingerprint density at radius 3 is 2.14 bits per heavy atom. The maximum absolute atomic E-state index is 5.50. The molecule has 0 saturated carbocycles. The van der Waals surface area contributed by atoms with Crippen molar-refractivity contribution in [3.63, 3.8) is 0 Å². The van der Waals surface area contributed by atoms with Crippen LogP contribution in [-0.2, 0) is 4.74 Å². The molecule has 0 bridgehead atoms. The van der Waals surface area contributed by atoms with Crippen LogP contribution in [0.3, 0.4) is 0 Å². The second kappa shape index (κ2) is 8.56. The van der Waals surface area contributed by atoms with Gasteiger partial charge in [-0.15, -0.1) is 0 Å². The van der Waals surface area contributed by atoms with Gasteiger partial charge in [-0.25, -0.2) is 0 Å². The van der Waals surface area contributed by atoms with E-state index in [0.29, 0.717) is 13.2 Å². The monoisotopic (exact) mass is 196 g/mol. The summed E-state index contributed by atoms with van der Waals surface area (Å²) in [5.74, 6) is 0.821. The Balaban J connectivity index is 0. The number of ether oxygens (including phenoxy) is 2. The van der Waals surface area contributed by atoms with Crippen molar-refractivity contribution in [3.05, 3.63) is 24.3 Å². The van der Waals surface area contributed by atoms with Crippen LogP contribution in [0.25, 0.3) is 0 Å². The van der Waals surface area contributed by atoms with Crippen molar-refractivity contribution in [1.82, 2.24) is 0 Å². The molecule has 1 rings (SSSR count). The van der Waals surface area contributed by atoms with Crippen molar-refractivity contribution >= 4 is 13.3 Å². The van der Waals surface area contributed by atoms with Gasteiger partial charge in [-0.05, 0) is 0 Å². The third kappa shape index (κ3) is 5.58. The Morgan fingerprint density at radius 2 is 1.64 bits per heavy atom. The van der Waals surface area contributed by atoms with Gasteiger partial charge in [-0.1, -0.05) is 0 Å². The average molecular weight is 196 g/mol. The van der Waals surface area contributed by atoms with Crippen LogP contribution in [0.4, 0.5) is 0 Å². The van der Waals surface area contributed by atoms with Crippen LogP contribution in [-0.4, -0.2) is 39.1 Å². The zero-order valence-electron chi connectivity index (χ0n) is 8.01. The standard InChI is InChI=1S/C9H11BO2.2H2O/c1-11-6-7-12-9-4-2-8(10)3-5-9;;/h2-5H,6-7H2,1H3;2*1H2/q+2;;/p-2. The van der Waals surface area contributed by atoms with Crippen LogP contribution >= 0.6 is 0 Å². The Kier molecular flexibility index (Phi) is 9.44. The number of hydrogen-bond donors (Lipinski definition) is 0. The predicted molar refractivity (Wildman–Crippen MR) is 53.1 cm³/mol. The molecule has 5 heteroatoms. The minimum atomic E-state index is 0. The second-order valence-electron chi connectivity index (χ2n) is 2.41. The molecule has 0 aliphatic rings. The quantitative estimate of drug-likeness (QED) is 0.507. The Hall–Kier alpha value is -1.04. The number of hydrogen-bond acceptors (Lipinski definition) is 4. The van der Waals surface area contributed by atoms with Crippen LogP contribution in [0.5, 0.6) is 5.75 Å². The zero-order valence-corrected chi connectivity index (χ0v) is 8.01. The smallest absolute Gasteiger partial charge is 0.870 e. The van der Waals surface area contributed by atoms with E-state index < -0.39 is 0 Å². The van der Waals surface area contributed by atoms with Gasteiger partial charge in [0.15, 0.2) is 0 Å². The summed E-state index contributed by atoms with van der Waals surface area (Å²) in [7, 11) is 7.15. The molecular formula is C9H13BO4. The van der Waals surface area contributed by atoms with E-state index in [4.69, 9.17) is 17.3 Å². The maximum Gasteiger partial charge on any atom is -0.870 e. The summed E-state index contributed by atoms with van der Waals surface area (Å²) >= 11 is 0. The van der Waals surface area contributed by atoms with Gasteiger partial charge in [-0.3, -0.25) is 0 Å². The molecule has 0 heterocycles. The molecule has 14 heavy (non-hydrogen) atoms. The molecule has 0 saturated heterocycles. The minimum absolute atomic E-state index is 0. The van der Waals surface area contributed by atoms with Crippen LogP contribution in [0.15, 0.2) is 24.3 Å². The average Bonchev–Trinajstić information content (AvgIpc) is 2.09. The molecule has 1 aromatic rings. The topological polar surface area (TPSA) is 78.5 Å². The van der Waals surface area contributed by atoms with E-state index in [0.717, 1.165) is 11.2 Å². The fourth-order valence-corrected chi connectivity index (χ4v) is 0.807. The molecule has 0 amide bonds. The van der Waals surface area contributed by atoms with Gasteiger partial charge in [0, 0.05) is 0 Å². The Bertz CT molecular complexity index is 225. The van der Waals surface area contributed by atoms with E-state index in [1.165, 1.54) is 0 Å². The third-order valence-electron chi connectivity index (χ3n) is 1.44. The fourth-order valence-electron chi connectivity index (χ4n) is 0.807. The Morgan fingerprint density at radius 1 is 1.07 bits per heavy atom. The molecule has 0 unspecified atom stereocenters. The van der Waals surface area contributed by atoms with Crippen molar-refractivity contribution in [2.45, 2.75) is 0 Å². The third-order valence-corrected chi connectivity index (χ3v) is 1.44. The number of rotatable bonds is 4. The fraction of sp³-hybridized carbons (Fsp3) is 0.333. The van der Waals surface area contributed by atoms with Gasteiger partial charge >= 0.3 is 73.1 Å². The van der Waals surface area contributed by atoms with E-state index in [9.17, 15) is 0 Å². The first-order valence-electron chi connectivity index (χ1n) is 3.80. The number of benzene rings is 1. The van der Waals surface area contributed by atoms with Crippen molar-refractivity contribution in [2.24, 2.45) is 0 Å². The summed E-state index contributed by atoms with van der Waals surface area (Å²) in [6.07, 6.45) is 0. The van der Waals surface area contributed by atoms with Crippen molar-refractivity contribution in [1.29, 1.82) is 0 Å². The Labute approximate surface area is 84.9 Å².